The van der Waals surface area contributed by atoms with Crippen molar-refractivity contribution in [3.05, 3.63) is 74.6 Å². The Kier molecular flexibility index (Phi) is 5.49. The SMILES string of the molecule is Cc1ccc(-c2nc(CCNC(=O)c3sc4cc(C)ccc4c3Cl)cs2)cc1. The van der Waals surface area contributed by atoms with Crippen LogP contribution in [-0.2, 0) is 6.42 Å². The van der Waals surface area contributed by atoms with E-state index in [0.717, 1.165) is 31.9 Å². The second-order valence-electron chi connectivity index (χ2n) is 6.76. The van der Waals surface area contributed by atoms with Crippen LogP contribution in [0.5, 0.6) is 0 Å². The predicted octanol–water partition coefficient (Wildman–Crippen LogP) is 6.27. The third-order valence-electron chi connectivity index (χ3n) is 4.51. The Morgan fingerprint density at radius 3 is 2.64 bits per heavy atom. The molecular formula is C22H19ClN2OS2. The van der Waals surface area contributed by atoms with E-state index >= 15 is 0 Å². The summed E-state index contributed by atoms with van der Waals surface area (Å²) < 4.78 is 1.04. The van der Waals surface area contributed by atoms with Gasteiger partial charge in [-0.1, -0.05) is 53.6 Å². The third-order valence-corrected chi connectivity index (χ3v) is 7.10. The van der Waals surface area contributed by atoms with Crippen molar-refractivity contribution in [3.63, 3.8) is 0 Å². The Morgan fingerprint density at radius 2 is 1.86 bits per heavy atom. The van der Waals surface area contributed by atoms with Crippen LogP contribution in [0.15, 0.2) is 47.8 Å². The molecule has 4 rings (SSSR count). The van der Waals surface area contributed by atoms with Crippen LogP contribution in [0.25, 0.3) is 20.7 Å². The Balaban J connectivity index is 1.40. The van der Waals surface area contributed by atoms with Crippen LogP contribution < -0.4 is 5.32 Å². The van der Waals surface area contributed by atoms with Gasteiger partial charge in [0.25, 0.3) is 5.91 Å². The van der Waals surface area contributed by atoms with Crippen molar-refractivity contribution in [1.82, 2.24) is 10.3 Å². The number of thiazole rings is 1. The molecule has 3 nitrogen and oxygen atoms in total. The molecule has 0 atom stereocenters. The zero-order chi connectivity index (χ0) is 19.7. The fraction of sp³-hybridized carbons (Fsp3) is 0.182. The highest BCUT2D eigenvalue weighted by Gasteiger charge is 2.17. The number of thiophene rings is 1. The number of nitrogens with zero attached hydrogens (tertiary/aromatic N) is 1. The van der Waals surface area contributed by atoms with Gasteiger partial charge >= 0.3 is 0 Å². The summed E-state index contributed by atoms with van der Waals surface area (Å²) in [6, 6.07) is 14.4. The number of halogens is 1. The molecular weight excluding hydrogens is 408 g/mol. The monoisotopic (exact) mass is 426 g/mol. The van der Waals surface area contributed by atoms with Gasteiger partial charge in [-0.15, -0.1) is 22.7 Å². The molecule has 0 saturated carbocycles. The van der Waals surface area contributed by atoms with E-state index in [4.69, 9.17) is 11.6 Å². The van der Waals surface area contributed by atoms with Gasteiger partial charge in [-0.25, -0.2) is 4.98 Å². The molecule has 0 aliphatic rings. The second-order valence-corrected chi connectivity index (χ2v) is 9.05. The molecule has 0 saturated heterocycles. The van der Waals surface area contributed by atoms with Gasteiger partial charge in [0.2, 0.25) is 0 Å². The van der Waals surface area contributed by atoms with Gasteiger partial charge in [0.15, 0.2) is 0 Å². The van der Waals surface area contributed by atoms with E-state index in [1.165, 1.54) is 16.9 Å². The van der Waals surface area contributed by atoms with E-state index in [1.54, 1.807) is 11.3 Å². The first kappa shape index (κ1) is 19.1. The minimum absolute atomic E-state index is 0.127. The van der Waals surface area contributed by atoms with Gasteiger partial charge in [-0.2, -0.15) is 0 Å². The highest BCUT2D eigenvalue weighted by molar-refractivity contribution is 7.21. The number of nitrogens with one attached hydrogen (secondary N) is 1. The molecule has 0 aliphatic carbocycles. The summed E-state index contributed by atoms with van der Waals surface area (Å²) in [5.74, 6) is -0.127. The topological polar surface area (TPSA) is 42.0 Å². The lowest BCUT2D eigenvalue weighted by molar-refractivity contribution is 0.0958. The lowest BCUT2D eigenvalue weighted by atomic mass is 10.2. The van der Waals surface area contributed by atoms with Crippen LogP contribution in [-0.4, -0.2) is 17.4 Å². The fourth-order valence-corrected chi connectivity index (χ4v) is 5.35. The lowest BCUT2D eigenvalue weighted by Gasteiger charge is -2.02. The van der Waals surface area contributed by atoms with Crippen molar-refractivity contribution >= 4 is 50.3 Å². The molecule has 28 heavy (non-hydrogen) atoms. The lowest BCUT2D eigenvalue weighted by Crippen LogP contribution is -2.25. The number of fused-ring (bicyclic) bond motifs is 1. The third kappa shape index (κ3) is 3.97. The summed E-state index contributed by atoms with van der Waals surface area (Å²) in [5, 5.41) is 7.50. The van der Waals surface area contributed by atoms with Crippen LogP contribution >= 0.6 is 34.3 Å². The van der Waals surface area contributed by atoms with Gasteiger partial charge in [0, 0.05) is 34.0 Å². The predicted molar refractivity (Wildman–Crippen MR) is 120 cm³/mol. The van der Waals surface area contributed by atoms with Gasteiger partial charge < -0.3 is 5.32 Å². The van der Waals surface area contributed by atoms with E-state index in [-0.39, 0.29) is 5.91 Å². The molecule has 0 radical (unpaired) electrons. The molecule has 6 heteroatoms. The maximum absolute atomic E-state index is 12.6. The summed E-state index contributed by atoms with van der Waals surface area (Å²) in [6.45, 7) is 4.63. The van der Waals surface area contributed by atoms with E-state index in [1.807, 2.05) is 19.1 Å². The molecule has 0 spiro atoms. The minimum atomic E-state index is -0.127. The second kappa shape index (κ2) is 8.03. The Bertz CT molecular complexity index is 1150. The Morgan fingerprint density at radius 1 is 1.11 bits per heavy atom. The van der Waals surface area contributed by atoms with Crippen LogP contribution in [0.3, 0.4) is 0 Å². The summed E-state index contributed by atoms with van der Waals surface area (Å²) in [4.78, 5) is 17.8. The van der Waals surface area contributed by atoms with E-state index in [2.05, 4.69) is 52.9 Å². The van der Waals surface area contributed by atoms with E-state index < -0.39 is 0 Å². The van der Waals surface area contributed by atoms with Gasteiger partial charge in [-0.3, -0.25) is 4.79 Å². The molecule has 0 fully saturated rings. The van der Waals surface area contributed by atoms with Crippen molar-refractivity contribution in [3.8, 4) is 10.6 Å². The molecule has 2 aromatic heterocycles. The number of carbonyl (C=O) groups excluding carboxylic acids is 1. The van der Waals surface area contributed by atoms with Gasteiger partial charge in [0.05, 0.1) is 10.7 Å². The van der Waals surface area contributed by atoms with Crippen molar-refractivity contribution in [1.29, 1.82) is 0 Å². The van der Waals surface area contributed by atoms with Crippen LogP contribution in [0.2, 0.25) is 5.02 Å². The van der Waals surface area contributed by atoms with Crippen molar-refractivity contribution in [2.75, 3.05) is 6.54 Å². The maximum atomic E-state index is 12.6. The number of aryl methyl sites for hydroxylation is 2. The molecule has 0 unspecified atom stereocenters. The standard InChI is InChI=1S/C22H19ClN2OS2/c1-13-3-6-15(7-4-13)22-25-16(12-27-22)9-10-24-21(26)20-19(23)17-8-5-14(2)11-18(17)28-20/h3-8,11-12H,9-10H2,1-2H3,(H,24,26). The average Bonchev–Trinajstić information content (AvgIpc) is 3.27. The first-order valence-electron chi connectivity index (χ1n) is 8.99. The highest BCUT2D eigenvalue weighted by atomic mass is 35.5. The summed E-state index contributed by atoms with van der Waals surface area (Å²) in [5.41, 5.74) is 4.50. The number of carbonyl (C=O) groups is 1. The summed E-state index contributed by atoms with van der Waals surface area (Å²) >= 11 is 9.49. The molecule has 2 heterocycles. The zero-order valence-corrected chi connectivity index (χ0v) is 18.0. The largest absolute Gasteiger partial charge is 0.351 e. The molecule has 1 N–H and O–H groups in total. The number of aromatic nitrogens is 1. The van der Waals surface area contributed by atoms with E-state index in [9.17, 15) is 4.79 Å². The van der Waals surface area contributed by atoms with Crippen LogP contribution in [0.1, 0.15) is 26.5 Å². The number of rotatable bonds is 5. The summed E-state index contributed by atoms with van der Waals surface area (Å²) in [6.07, 6.45) is 0.690. The first-order valence-corrected chi connectivity index (χ1v) is 11.1. The summed E-state index contributed by atoms with van der Waals surface area (Å²) in [7, 11) is 0. The highest BCUT2D eigenvalue weighted by Crippen LogP contribution is 2.35. The molecule has 2 aromatic carbocycles. The Hall–Kier alpha value is -2.21. The van der Waals surface area contributed by atoms with Gasteiger partial charge in [-0.05, 0) is 25.5 Å². The first-order chi connectivity index (χ1) is 13.5. The number of hydrogen-bond acceptors (Lipinski definition) is 4. The molecule has 142 valence electrons. The normalized spacial score (nSPS) is 11.1. The maximum Gasteiger partial charge on any atom is 0.262 e. The number of amides is 1. The van der Waals surface area contributed by atoms with E-state index in [0.29, 0.717) is 22.9 Å². The Labute approximate surface area is 177 Å². The fourth-order valence-electron chi connectivity index (χ4n) is 2.95. The molecule has 4 aromatic rings. The average molecular weight is 427 g/mol. The van der Waals surface area contributed by atoms with Crippen LogP contribution in [0, 0.1) is 13.8 Å². The van der Waals surface area contributed by atoms with Crippen molar-refractivity contribution in [2.24, 2.45) is 0 Å². The molecule has 1 amide bonds. The minimum Gasteiger partial charge on any atom is -0.351 e. The molecule has 0 aliphatic heterocycles. The smallest absolute Gasteiger partial charge is 0.262 e. The number of hydrogen-bond donors (Lipinski definition) is 1. The number of benzene rings is 2. The van der Waals surface area contributed by atoms with Crippen LogP contribution in [0.4, 0.5) is 0 Å². The quantitative estimate of drug-likeness (QED) is 0.408. The zero-order valence-electron chi connectivity index (χ0n) is 15.6. The van der Waals surface area contributed by atoms with Gasteiger partial charge in [0.1, 0.15) is 9.88 Å². The van der Waals surface area contributed by atoms with Crippen molar-refractivity contribution < 1.29 is 4.79 Å². The van der Waals surface area contributed by atoms with Crippen molar-refractivity contribution in [2.45, 2.75) is 20.3 Å². The molecule has 0 bridgehead atoms.